The van der Waals surface area contributed by atoms with Crippen LogP contribution in [0.15, 0.2) is 27.4 Å². The van der Waals surface area contributed by atoms with Crippen LogP contribution in [0, 0.1) is 0 Å². The number of aromatic nitrogens is 1. The van der Waals surface area contributed by atoms with E-state index in [0.717, 1.165) is 30.7 Å². The number of aromatic amines is 1. The molecule has 1 aromatic carbocycles. The van der Waals surface area contributed by atoms with E-state index in [1.54, 1.807) is 0 Å². The van der Waals surface area contributed by atoms with Gasteiger partial charge in [-0.3, -0.25) is 4.98 Å². The first kappa shape index (κ1) is 10.4. The van der Waals surface area contributed by atoms with Crippen LogP contribution in [-0.2, 0) is 0 Å². The number of benzene rings is 1. The zero-order chi connectivity index (χ0) is 11.8. The van der Waals surface area contributed by atoms with E-state index in [9.17, 15) is 4.79 Å². The Morgan fingerprint density at radius 3 is 3.18 bits per heavy atom. The highest BCUT2D eigenvalue weighted by Crippen LogP contribution is 2.19. The topological polar surface area (TPSA) is 61.3 Å². The molecule has 0 amide bonds. The molecule has 0 radical (unpaired) electrons. The van der Waals surface area contributed by atoms with E-state index in [1.165, 1.54) is 0 Å². The highest BCUT2D eigenvalue weighted by Gasteiger charge is 2.19. The molecule has 5 nitrogen and oxygen atoms in total. The molecule has 2 aromatic rings. The molecule has 0 saturated carbocycles. The van der Waals surface area contributed by atoms with Crippen LogP contribution in [0.1, 0.15) is 6.42 Å². The van der Waals surface area contributed by atoms with Gasteiger partial charge in [-0.05, 0) is 38.2 Å². The third-order valence-electron chi connectivity index (χ3n) is 3.18. The van der Waals surface area contributed by atoms with Gasteiger partial charge in [0.1, 0.15) is 0 Å². The molecule has 0 spiro atoms. The largest absolute Gasteiger partial charge is 0.417 e. The van der Waals surface area contributed by atoms with Crippen LogP contribution in [0.3, 0.4) is 0 Å². The molecule has 1 aromatic heterocycles. The molecule has 1 atom stereocenters. The predicted octanol–water partition coefficient (Wildman–Crippen LogP) is 1.24. The van der Waals surface area contributed by atoms with Crippen LogP contribution in [0.2, 0.25) is 0 Å². The molecule has 0 aliphatic carbocycles. The number of oxazole rings is 1. The second-order valence-electron chi connectivity index (χ2n) is 4.62. The van der Waals surface area contributed by atoms with Crippen LogP contribution in [0.5, 0.6) is 0 Å². The molecule has 1 fully saturated rings. The number of anilines is 1. The molecule has 1 aliphatic heterocycles. The van der Waals surface area contributed by atoms with Gasteiger partial charge < -0.3 is 14.6 Å². The summed E-state index contributed by atoms with van der Waals surface area (Å²) >= 11 is 0. The van der Waals surface area contributed by atoms with Crippen molar-refractivity contribution in [1.29, 1.82) is 0 Å². The number of likely N-dealkylation sites (N-methyl/N-ethyl adjacent to an activating group) is 1. The van der Waals surface area contributed by atoms with Crippen molar-refractivity contribution in [3.05, 3.63) is 28.7 Å². The summed E-state index contributed by atoms with van der Waals surface area (Å²) in [6.07, 6.45) is 1.15. The van der Waals surface area contributed by atoms with Crippen molar-refractivity contribution in [3.8, 4) is 0 Å². The smallest absolute Gasteiger partial charge is 0.408 e. The number of hydrogen-bond donors (Lipinski definition) is 2. The molecule has 1 saturated heterocycles. The van der Waals surface area contributed by atoms with Crippen LogP contribution < -0.4 is 11.1 Å². The van der Waals surface area contributed by atoms with Gasteiger partial charge >= 0.3 is 5.76 Å². The Morgan fingerprint density at radius 1 is 1.53 bits per heavy atom. The zero-order valence-corrected chi connectivity index (χ0v) is 9.69. The molecule has 5 heteroatoms. The molecule has 17 heavy (non-hydrogen) atoms. The maximum atomic E-state index is 11.0. The SMILES string of the molecule is CN1CCC(Nc2ccc3oc(=O)[nH]c3c2)C1. The lowest BCUT2D eigenvalue weighted by molar-refractivity contribution is 0.414. The van der Waals surface area contributed by atoms with E-state index < -0.39 is 5.76 Å². The van der Waals surface area contributed by atoms with Gasteiger partial charge in [0, 0.05) is 18.3 Å². The predicted molar refractivity (Wildman–Crippen MR) is 66.4 cm³/mol. The molecule has 3 rings (SSSR count). The van der Waals surface area contributed by atoms with Crippen LogP contribution in [0.25, 0.3) is 11.1 Å². The fraction of sp³-hybridized carbons (Fsp3) is 0.417. The van der Waals surface area contributed by atoms with Crippen molar-refractivity contribution in [2.24, 2.45) is 0 Å². The quantitative estimate of drug-likeness (QED) is 0.819. The van der Waals surface area contributed by atoms with Crippen molar-refractivity contribution < 1.29 is 4.42 Å². The van der Waals surface area contributed by atoms with Crippen LogP contribution in [0.4, 0.5) is 5.69 Å². The minimum atomic E-state index is -0.405. The lowest BCUT2D eigenvalue weighted by Crippen LogP contribution is -2.23. The summed E-state index contributed by atoms with van der Waals surface area (Å²) in [5.41, 5.74) is 2.37. The van der Waals surface area contributed by atoms with E-state index in [-0.39, 0.29) is 0 Å². The fourth-order valence-electron chi connectivity index (χ4n) is 2.33. The van der Waals surface area contributed by atoms with Crippen molar-refractivity contribution in [2.75, 3.05) is 25.5 Å². The van der Waals surface area contributed by atoms with E-state index in [0.29, 0.717) is 11.6 Å². The molecule has 1 unspecified atom stereocenters. The van der Waals surface area contributed by atoms with Crippen molar-refractivity contribution >= 4 is 16.8 Å². The highest BCUT2D eigenvalue weighted by atomic mass is 16.4. The summed E-state index contributed by atoms with van der Waals surface area (Å²) in [6.45, 7) is 2.18. The Hall–Kier alpha value is -1.75. The van der Waals surface area contributed by atoms with Crippen molar-refractivity contribution in [3.63, 3.8) is 0 Å². The second-order valence-corrected chi connectivity index (χ2v) is 4.62. The summed E-state index contributed by atoms with van der Waals surface area (Å²) in [7, 11) is 2.12. The Bertz CT molecular complexity index is 587. The fourth-order valence-corrected chi connectivity index (χ4v) is 2.33. The van der Waals surface area contributed by atoms with E-state index >= 15 is 0 Å². The van der Waals surface area contributed by atoms with Gasteiger partial charge in [-0.2, -0.15) is 0 Å². The molecule has 2 N–H and O–H groups in total. The molecular formula is C12H15N3O2. The molecule has 2 heterocycles. The minimum Gasteiger partial charge on any atom is -0.408 e. The van der Waals surface area contributed by atoms with Gasteiger partial charge in [0.2, 0.25) is 0 Å². The lowest BCUT2D eigenvalue weighted by atomic mass is 10.2. The average molecular weight is 233 g/mol. The number of fused-ring (bicyclic) bond motifs is 1. The molecule has 0 bridgehead atoms. The standard InChI is InChI=1S/C12H15N3O2/c1-15-5-4-9(7-15)13-8-2-3-11-10(6-8)14-12(16)17-11/h2-3,6,9,13H,4-5,7H2,1H3,(H,14,16). The van der Waals surface area contributed by atoms with Gasteiger partial charge in [-0.15, -0.1) is 0 Å². The first-order valence-electron chi connectivity index (χ1n) is 5.79. The van der Waals surface area contributed by atoms with Crippen LogP contribution >= 0.6 is 0 Å². The molecular weight excluding hydrogens is 218 g/mol. The summed E-state index contributed by atoms with van der Waals surface area (Å²) in [6, 6.07) is 6.15. The monoisotopic (exact) mass is 233 g/mol. The Labute approximate surface area is 98.4 Å². The molecule has 1 aliphatic rings. The first-order chi connectivity index (χ1) is 8.20. The summed E-state index contributed by atoms with van der Waals surface area (Å²) in [4.78, 5) is 16.0. The lowest BCUT2D eigenvalue weighted by Gasteiger charge is -2.13. The zero-order valence-electron chi connectivity index (χ0n) is 9.69. The minimum absolute atomic E-state index is 0.405. The number of hydrogen-bond acceptors (Lipinski definition) is 4. The number of H-pyrrole nitrogens is 1. The Morgan fingerprint density at radius 2 is 2.41 bits per heavy atom. The number of rotatable bonds is 2. The number of nitrogens with one attached hydrogen (secondary N) is 2. The third-order valence-corrected chi connectivity index (χ3v) is 3.18. The second kappa shape index (κ2) is 3.92. The van der Waals surface area contributed by atoms with Crippen LogP contribution in [-0.4, -0.2) is 36.1 Å². The Kier molecular flexibility index (Phi) is 2.40. The highest BCUT2D eigenvalue weighted by molar-refractivity contribution is 5.76. The summed E-state index contributed by atoms with van der Waals surface area (Å²) < 4.78 is 4.96. The maximum Gasteiger partial charge on any atom is 0.417 e. The van der Waals surface area contributed by atoms with Crippen molar-refractivity contribution in [1.82, 2.24) is 9.88 Å². The molecule has 90 valence electrons. The van der Waals surface area contributed by atoms with E-state index in [4.69, 9.17) is 4.42 Å². The normalized spacial score (nSPS) is 21.1. The first-order valence-corrected chi connectivity index (χ1v) is 5.79. The van der Waals surface area contributed by atoms with E-state index in [2.05, 4.69) is 22.2 Å². The summed E-state index contributed by atoms with van der Waals surface area (Å²) in [5, 5.41) is 3.47. The third kappa shape index (κ3) is 2.06. The van der Waals surface area contributed by atoms with Gasteiger partial charge in [-0.25, -0.2) is 4.79 Å². The summed E-state index contributed by atoms with van der Waals surface area (Å²) in [5.74, 6) is -0.405. The van der Waals surface area contributed by atoms with E-state index in [1.807, 2.05) is 18.2 Å². The van der Waals surface area contributed by atoms with Crippen molar-refractivity contribution in [2.45, 2.75) is 12.5 Å². The average Bonchev–Trinajstić information content (AvgIpc) is 2.83. The van der Waals surface area contributed by atoms with Gasteiger partial charge in [-0.1, -0.05) is 0 Å². The maximum absolute atomic E-state index is 11.0. The van der Waals surface area contributed by atoms with Gasteiger partial charge in [0.05, 0.1) is 5.52 Å². The number of likely N-dealkylation sites (tertiary alicyclic amines) is 1. The van der Waals surface area contributed by atoms with Gasteiger partial charge in [0.25, 0.3) is 0 Å². The Balaban J connectivity index is 1.83. The number of nitrogens with zero attached hydrogens (tertiary/aromatic N) is 1. The van der Waals surface area contributed by atoms with Gasteiger partial charge in [0.15, 0.2) is 5.58 Å².